The van der Waals surface area contributed by atoms with Crippen LogP contribution in [0.25, 0.3) is 0 Å². The first-order valence-corrected chi connectivity index (χ1v) is 9.69. The molecule has 3 aromatic rings. The lowest BCUT2D eigenvalue weighted by molar-refractivity contribution is -0.120. The lowest BCUT2D eigenvalue weighted by atomic mass is 9.95. The second kappa shape index (κ2) is 9.48. The molecular formula is C24H21ClFNO2. The second-order valence-corrected chi connectivity index (χ2v) is 7.35. The maximum Gasteiger partial charge on any atom is 0.254 e. The number of nitrogens with one attached hydrogen (secondary N) is 1. The molecule has 0 heterocycles. The standard InChI is InChI=1S/C24H21ClFNO2/c1-16-11-12-19(25)14-18(16)15-23(28)22(13-17-7-3-2-4-8-17)27-24(29)20-9-5-6-10-21(20)26/h2-12,14,22H,13,15H2,1H3,(H,27,29). The molecule has 3 nitrogen and oxygen atoms in total. The quantitative estimate of drug-likeness (QED) is 0.600. The lowest BCUT2D eigenvalue weighted by Crippen LogP contribution is -2.43. The summed E-state index contributed by atoms with van der Waals surface area (Å²) in [6.45, 7) is 1.91. The van der Waals surface area contributed by atoms with Crippen molar-refractivity contribution in [3.8, 4) is 0 Å². The van der Waals surface area contributed by atoms with Crippen LogP contribution < -0.4 is 5.32 Å². The summed E-state index contributed by atoms with van der Waals surface area (Å²) in [5.41, 5.74) is 2.57. The Morgan fingerprint density at radius 1 is 1.00 bits per heavy atom. The molecule has 0 aromatic heterocycles. The Balaban J connectivity index is 1.84. The molecule has 29 heavy (non-hydrogen) atoms. The molecule has 0 saturated carbocycles. The van der Waals surface area contributed by atoms with E-state index in [0.29, 0.717) is 11.4 Å². The Kier molecular flexibility index (Phi) is 6.78. The van der Waals surface area contributed by atoms with E-state index in [1.54, 1.807) is 18.2 Å². The predicted octanol–water partition coefficient (Wildman–Crippen LogP) is 4.94. The van der Waals surface area contributed by atoms with Crippen molar-refractivity contribution >= 4 is 23.3 Å². The molecule has 1 N–H and O–H groups in total. The third-order valence-electron chi connectivity index (χ3n) is 4.77. The molecule has 1 amide bonds. The first-order valence-electron chi connectivity index (χ1n) is 9.31. The van der Waals surface area contributed by atoms with Crippen LogP contribution >= 0.6 is 11.6 Å². The van der Waals surface area contributed by atoms with Crippen molar-refractivity contribution in [3.63, 3.8) is 0 Å². The topological polar surface area (TPSA) is 46.2 Å². The van der Waals surface area contributed by atoms with Crippen LogP contribution in [0.1, 0.15) is 27.0 Å². The largest absolute Gasteiger partial charge is 0.342 e. The van der Waals surface area contributed by atoms with Gasteiger partial charge in [-0.05, 0) is 54.3 Å². The molecule has 5 heteroatoms. The molecule has 0 radical (unpaired) electrons. The summed E-state index contributed by atoms with van der Waals surface area (Å²) in [7, 11) is 0. The molecule has 1 unspecified atom stereocenters. The van der Waals surface area contributed by atoms with E-state index in [4.69, 9.17) is 11.6 Å². The monoisotopic (exact) mass is 409 g/mol. The molecule has 3 aromatic carbocycles. The number of carbonyl (C=O) groups excluding carboxylic acids is 2. The molecule has 1 atom stereocenters. The van der Waals surface area contributed by atoms with Crippen LogP contribution in [0.5, 0.6) is 0 Å². The van der Waals surface area contributed by atoms with Gasteiger partial charge < -0.3 is 5.32 Å². The number of aryl methyl sites for hydroxylation is 1. The van der Waals surface area contributed by atoms with Gasteiger partial charge in [0, 0.05) is 11.4 Å². The molecule has 0 spiro atoms. The zero-order valence-corrected chi connectivity index (χ0v) is 16.7. The highest BCUT2D eigenvalue weighted by Gasteiger charge is 2.23. The summed E-state index contributed by atoms with van der Waals surface area (Å²) in [5, 5.41) is 3.26. The predicted molar refractivity (Wildman–Crippen MR) is 113 cm³/mol. The number of hydrogen-bond donors (Lipinski definition) is 1. The van der Waals surface area contributed by atoms with Crippen LogP contribution in [0.4, 0.5) is 4.39 Å². The van der Waals surface area contributed by atoms with Gasteiger partial charge in [-0.2, -0.15) is 0 Å². The molecule has 0 fully saturated rings. The van der Waals surface area contributed by atoms with Gasteiger partial charge in [0.05, 0.1) is 11.6 Å². The van der Waals surface area contributed by atoms with E-state index in [1.807, 2.05) is 43.3 Å². The van der Waals surface area contributed by atoms with E-state index in [0.717, 1.165) is 16.7 Å². The Hall–Kier alpha value is -2.98. The van der Waals surface area contributed by atoms with E-state index in [-0.39, 0.29) is 17.8 Å². The number of carbonyl (C=O) groups is 2. The molecule has 3 rings (SSSR count). The fourth-order valence-corrected chi connectivity index (χ4v) is 3.31. The minimum Gasteiger partial charge on any atom is -0.342 e. The molecule has 148 valence electrons. The Morgan fingerprint density at radius 2 is 1.69 bits per heavy atom. The third-order valence-corrected chi connectivity index (χ3v) is 5.01. The van der Waals surface area contributed by atoms with Crippen molar-refractivity contribution in [2.75, 3.05) is 0 Å². The highest BCUT2D eigenvalue weighted by Crippen LogP contribution is 2.18. The zero-order valence-electron chi connectivity index (χ0n) is 16.0. The van der Waals surface area contributed by atoms with Crippen LogP contribution in [0.15, 0.2) is 72.8 Å². The highest BCUT2D eigenvalue weighted by atomic mass is 35.5. The van der Waals surface area contributed by atoms with Gasteiger partial charge in [0.2, 0.25) is 0 Å². The summed E-state index contributed by atoms with van der Waals surface area (Å²) < 4.78 is 14.0. The average molecular weight is 410 g/mol. The normalized spacial score (nSPS) is 11.7. The second-order valence-electron chi connectivity index (χ2n) is 6.91. The van der Waals surface area contributed by atoms with Crippen molar-refractivity contribution in [3.05, 3.63) is 106 Å². The van der Waals surface area contributed by atoms with Crippen molar-refractivity contribution in [2.24, 2.45) is 0 Å². The number of halogens is 2. The molecule has 0 saturated heterocycles. The smallest absolute Gasteiger partial charge is 0.254 e. The number of amides is 1. The summed E-state index contributed by atoms with van der Waals surface area (Å²) in [6.07, 6.45) is 0.445. The van der Waals surface area contributed by atoms with Crippen LogP contribution in [-0.2, 0) is 17.6 Å². The van der Waals surface area contributed by atoms with Crippen LogP contribution in [0, 0.1) is 12.7 Å². The summed E-state index contributed by atoms with van der Waals surface area (Å²) in [4.78, 5) is 25.7. The van der Waals surface area contributed by atoms with Gasteiger partial charge in [0.1, 0.15) is 5.82 Å². The van der Waals surface area contributed by atoms with Crippen molar-refractivity contribution in [1.82, 2.24) is 5.32 Å². The molecule has 0 aliphatic rings. The van der Waals surface area contributed by atoms with Gasteiger partial charge >= 0.3 is 0 Å². The van der Waals surface area contributed by atoms with Gasteiger partial charge in [-0.1, -0.05) is 60.1 Å². The molecular weight excluding hydrogens is 389 g/mol. The van der Waals surface area contributed by atoms with E-state index in [2.05, 4.69) is 5.32 Å². The first kappa shape index (κ1) is 20.7. The van der Waals surface area contributed by atoms with E-state index >= 15 is 0 Å². The number of rotatable bonds is 7. The SMILES string of the molecule is Cc1ccc(Cl)cc1CC(=O)C(Cc1ccccc1)NC(=O)c1ccccc1F. The Bertz CT molecular complexity index is 1020. The highest BCUT2D eigenvalue weighted by molar-refractivity contribution is 6.30. The number of benzene rings is 3. The summed E-state index contributed by atoms with van der Waals surface area (Å²) >= 11 is 6.07. The van der Waals surface area contributed by atoms with Gasteiger partial charge in [0.25, 0.3) is 5.91 Å². The summed E-state index contributed by atoms with van der Waals surface area (Å²) in [6, 6.07) is 19.7. The first-order chi connectivity index (χ1) is 13.9. The van der Waals surface area contributed by atoms with Gasteiger partial charge in [0.15, 0.2) is 5.78 Å². The van der Waals surface area contributed by atoms with Crippen molar-refractivity contribution in [1.29, 1.82) is 0 Å². The minimum atomic E-state index is -0.789. The van der Waals surface area contributed by atoms with Crippen molar-refractivity contribution in [2.45, 2.75) is 25.8 Å². The zero-order chi connectivity index (χ0) is 20.8. The number of Topliss-reactive ketones (excluding diaryl/α,β-unsaturated/α-hetero) is 1. The fraction of sp³-hybridized carbons (Fsp3) is 0.167. The van der Waals surface area contributed by atoms with Crippen LogP contribution in [-0.4, -0.2) is 17.7 Å². The average Bonchev–Trinajstić information content (AvgIpc) is 2.71. The summed E-state index contributed by atoms with van der Waals surface area (Å²) in [5.74, 6) is -1.40. The number of hydrogen-bond acceptors (Lipinski definition) is 2. The van der Waals surface area contributed by atoms with E-state index in [1.165, 1.54) is 18.2 Å². The third kappa shape index (κ3) is 5.52. The lowest BCUT2D eigenvalue weighted by Gasteiger charge is -2.19. The molecule has 0 bridgehead atoms. The van der Waals surface area contributed by atoms with Crippen LogP contribution in [0.2, 0.25) is 5.02 Å². The van der Waals surface area contributed by atoms with Gasteiger partial charge in [-0.25, -0.2) is 4.39 Å². The number of ketones is 1. The van der Waals surface area contributed by atoms with Crippen molar-refractivity contribution < 1.29 is 14.0 Å². The van der Waals surface area contributed by atoms with Gasteiger partial charge in [-0.3, -0.25) is 9.59 Å². The maximum absolute atomic E-state index is 14.0. The maximum atomic E-state index is 14.0. The molecule has 0 aliphatic carbocycles. The fourth-order valence-electron chi connectivity index (χ4n) is 3.12. The Labute approximate surface area is 174 Å². The molecule has 0 aliphatic heterocycles. The Morgan fingerprint density at radius 3 is 2.41 bits per heavy atom. The van der Waals surface area contributed by atoms with E-state index in [9.17, 15) is 14.0 Å². The van der Waals surface area contributed by atoms with Crippen LogP contribution in [0.3, 0.4) is 0 Å². The van der Waals surface area contributed by atoms with E-state index < -0.39 is 17.8 Å². The minimum absolute atomic E-state index is 0.0858. The van der Waals surface area contributed by atoms with Gasteiger partial charge in [-0.15, -0.1) is 0 Å².